The Morgan fingerprint density at radius 2 is 0.698 bits per heavy atom. The first-order valence-corrected chi connectivity index (χ1v) is 24.8. The van der Waals surface area contributed by atoms with Crippen LogP contribution in [0.2, 0.25) is 0 Å². The van der Waals surface area contributed by atoms with Gasteiger partial charge in [0.1, 0.15) is 13.2 Å². The van der Waals surface area contributed by atoms with Crippen molar-refractivity contribution >= 4 is 17.9 Å². The van der Waals surface area contributed by atoms with Crippen LogP contribution in [0.25, 0.3) is 0 Å². The van der Waals surface area contributed by atoms with E-state index >= 15 is 0 Å². The molecule has 0 aromatic carbocycles. The average molecular weight is 869 g/mol. The fourth-order valence-electron chi connectivity index (χ4n) is 6.14. The molecule has 6 heteroatoms. The molecule has 0 aliphatic heterocycles. The lowest BCUT2D eigenvalue weighted by Gasteiger charge is -2.18. The minimum atomic E-state index is -0.817. The summed E-state index contributed by atoms with van der Waals surface area (Å²) in [7, 11) is 0. The van der Waals surface area contributed by atoms with Crippen molar-refractivity contribution < 1.29 is 28.6 Å². The zero-order chi connectivity index (χ0) is 45.8. The van der Waals surface area contributed by atoms with Gasteiger partial charge >= 0.3 is 17.9 Å². The Balaban J connectivity index is 4.53. The largest absolute Gasteiger partial charge is 0.462 e. The maximum absolute atomic E-state index is 12.8. The van der Waals surface area contributed by atoms with Crippen LogP contribution in [-0.4, -0.2) is 37.2 Å². The molecule has 0 N–H and O–H groups in total. The molecule has 0 spiro atoms. The number of carbonyl (C=O) groups is 3. The van der Waals surface area contributed by atoms with Crippen LogP contribution in [0.5, 0.6) is 0 Å². The number of carbonyl (C=O) groups excluding carboxylic acids is 3. The predicted molar refractivity (Wildman–Crippen MR) is 269 cm³/mol. The van der Waals surface area contributed by atoms with Crippen LogP contribution in [0.3, 0.4) is 0 Å². The van der Waals surface area contributed by atoms with Crippen molar-refractivity contribution in [1.82, 2.24) is 0 Å². The molecule has 1 unspecified atom stereocenters. The number of rotatable bonds is 42. The summed E-state index contributed by atoms with van der Waals surface area (Å²) < 4.78 is 16.7. The number of allylic oxidation sites excluding steroid dienone is 22. The van der Waals surface area contributed by atoms with E-state index in [4.69, 9.17) is 14.2 Å². The molecule has 0 aliphatic carbocycles. The Kier molecular flexibility index (Phi) is 46.7. The lowest BCUT2D eigenvalue weighted by Crippen LogP contribution is -2.30. The molecule has 0 saturated carbocycles. The standard InChI is InChI=1S/C57H88O6/c1-4-7-10-13-16-19-21-23-25-27-28-30-31-33-35-38-41-44-47-50-56(59)62-53-54(52-61-55(58)49-46-43-40-37-18-15-12-9-6-3)63-57(60)51-48-45-42-39-36-34-32-29-26-24-22-20-17-14-11-8-5-2/h7-8,10-11,14,16-17,19-20,22-26,28-30,32-36,54H,4-6,9,12-13,15,18,21,27,31,37-53H2,1-3H3/b10-7-,11-8-,17-14-,19-16-,22-20-,25-23-,26-24-,30-28-,32-29+,35-33-,36-34-. The first-order chi connectivity index (χ1) is 31.0. The van der Waals surface area contributed by atoms with E-state index in [0.29, 0.717) is 19.3 Å². The lowest BCUT2D eigenvalue weighted by molar-refractivity contribution is -0.167. The topological polar surface area (TPSA) is 78.9 Å². The van der Waals surface area contributed by atoms with Crippen LogP contribution in [0, 0.1) is 0 Å². The summed E-state index contributed by atoms with van der Waals surface area (Å²) in [4.78, 5) is 37.9. The molecule has 0 radical (unpaired) electrons. The Bertz CT molecular complexity index is 1420. The summed E-state index contributed by atoms with van der Waals surface area (Å²) in [6.45, 7) is 6.26. The van der Waals surface area contributed by atoms with Gasteiger partial charge in [0.2, 0.25) is 0 Å². The van der Waals surface area contributed by atoms with E-state index in [1.165, 1.54) is 38.5 Å². The molecule has 6 nitrogen and oxygen atoms in total. The molecule has 0 amide bonds. The molecule has 0 heterocycles. The van der Waals surface area contributed by atoms with Crippen LogP contribution >= 0.6 is 0 Å². The minimum absolute atomic E-state index is 0.111. The highest BCUT2D eigenvalue weighted by Gasteiger charge is 2.19. The highest BCUT2D eigenvalue weighted by Crippen LogP contribution is 2.12. The van der Waals surface area contributed by atoms with Gasteiger partial charge in [-0.15, -0.1) is 0 Å². The van der Waals surface area contributed by atoms with E-state index in [1.807, 2.05) is 60.8 Å². The Labute approximate surface area is 385 Å². The van der Waals surface area contributed by atoms with Gasteiger partial charge in [-0.3, -0.25) is 14.4 Å². The average Bonchev–Trinajstić information content (AvgIpc) is 3.28. The van der Waals surface area contributed by atoms with Crippen molar-refractivity contribution in [3.63, 3.8) is 0 Å². The van der Waals surface area contributed by atoms with Crippen molar-refractivity contribution in [3.8, 4) is 0 Å². The molecule has 0 saturated heterocycles. The molecule has 0 rings (SSSR count). The van der Waals surface area contributed by atoms with Gasteiger partial charge in [0.05, 0.1) is 0 Å². The van der Waals surface area contributed by atoms with Crippen LogP contribution in [-0.2, 0) is 28.6 Å². The normalized spacial score (nSPS) is 13.3. The van der Waals surface area contributed by atoms with Gasteiger partial charge in [-0.05, 0) is 83.5 Å². The first kappa shape index (κ1) is 58.6. The van der Waals surface area contributed by atoms with Crippen molar-refractivity contribution in [2.24, 2.45) is 0 Å². The molecule has 352 valence electrons. The molecule has 0 fully saturated rings. The number of hydrogen-bond donors (Lipinski definition) is 0. The maximum Gasteiger partial charge on any atom is 0.306 e. The summed E-state index contributed by atoms with van der Waals surface area (Å²) in [6.07, 6.45) is 70.0. The summed E-state index contributed by atoms with van der Waals surface area (Å²) in [5.74, 6) is -1.00. The van der Waals surface area contributed by atoms with Crippen molar-refractivity contribution in [2.45, 2.75) is 194 Å². The number of unbranched alkanes of at least 4 members (excludes halogenated alkanes) is 14. The van der Waals surface area contributed by atoms with Gasteiger partial charge in [-0.2, -0.15) is 0 Å². The van der Waals surface area contributed by atoms with Gasteiger partial charge in [-0.1, -0.05) is 219 Å². The molecule has 0 bridgehead atoms. The Morgan fingerprint density at radius 3 is 1.16 bits per heavy atom. The first-order valence-electron chi connectivity index (χ1n) is 24.8. The van der Waals surface area contributed by atoms with Gasteiger partial charge in [-0.25, -0.2) is 0 Å². The van der Waals surface area contributed by atoms with Gasteiger partial charge in [0.15, 0.2) is 6.10 Å². The lowest BCUT2D eigenvalue weighted by atomic mass is 10.1. The minimum Gasteiger partial charge on any atom is -0.462 e. The van der Waals surface area contributed by atoms with E-state index in [9.17, 15) is 14.4 Å². The van der Waals surface area contributed by atoms with Crippen LogP contribution < -0.4 is 0 Å². The second-order valence-electron chi connectivity index (χ2n) is 15.8. The fraction of sp³-hybridized carbons (Fsp3) is 0.561. The molecular weight excluding hydrogens is 781 g/mol. The zero-order valence-electron chi connectivity index (χ0n) is 40.0. The van der Waals surface area contributed by atoms with Gasteiger partial charge in [0.25, 0.3) is 0 Å². The zero-order valence-corrected chi connectivity index (χ0v) is 40.0. The molecule has 63 heavy (non-hydrogen) atoms. The van der Waals surface area contributed by atoms with Gasteiger partial charge < -0.3 is 14.2 Å². The third-order valence-corrected chi connectivity index (χ3v) is 9.81. The van der Waals surface area contributed by atoms with Gasteiger partial charge in [0, 0.05) is 19.3 Å². The number of hydrogen-bond acceptors (Lipinski definition) is 6. The third-order valence-electron chi connectivity index (χ3n) is 9.81. The smallest absolute Gasteiger partial charge is 0.306 e. The summed E-state index contributed by atoms with van der Waals surface area (Å²) in [6, 6.07) is 0. The molecule has 0 aliphatic rings. The van der Waals surface area contributed by atoms with Crippen LogP contribution in [0.15, 0.2) is 134 Å². The van der Waals surface area contributed by atoms with Crippen molar-refractivity contribution in [3.05, 3.63) is 134 Å². The highest BCUT2D eigenvalue weighted by atomic mass is 16.6. The van der Waals surface area contributed by atoms with Crippen LogP contribution in [0.1, 0.15) is 188 Å². The van der Waals surface area contributed by atoms with E-state index in [-0.39, 0.29) is 37.5 Å². The monoisotopic (exact) mass is 869 g/mol. The quantitative estimate of drug-likeness (QED) is 0.0200. The van der Waals surface area contributed by atoms with Crippen molar-refractivity contribution in [2.75, 3.05) is 13.2 Å². The Morgan fingerprint density at radius 1 is 0.349 bits per heavy atom. The Hall–Kier alpha value is -4.45. The molecule has 0 aromatic heterocycles. The summed E-state index contributed by atoms with van der Waals surface area (Å²) in [5, 5.41) is 0. The van der Waals surface area contributed by atoms with E-state index in [1.54, 1.807) is 0 Å². The highest BCUT2D eigenvalue weighted by molar-refractivity contribution is 5.71. The van der Waals surface area contributed by atoms with E-state index in [0.717, 1.165) is 103 Å². The second kappa shape index (κ2) is 50.2. The molecule has 1 atom stereocenters. The number of esters is 3. The second-order valence-corrected chi connectivity index (χ2v) is 15.8. The van der Waals surface area contributed by atoms with Crippen molar-refractivity contribution in [1.29, 1.82) is 0 Å². The van der Waals surface area contributed by atoms with E-state index in [2.05, 4.69) is 93.7 Å². The molecule has 0 aromatic rings. The molecular formula is C57H88O6. The SMILES string of the molecule is CC\C=C/C=C\C=C/C=C\C=C\C=C/CCCCCC(=O)OC(COC(=O)CCCCC/C=C\C/C=C\C/C=C\C/C=C\C/C=C\CC)COC(=O)CCCCCCCCCCC. The fourth-order valence-corrected chi connectivity index (χ4v) is 6.14. The third kappa shape index (κ3) is 48.4. The maximum atomic E-state index is 12.8. The van der Waals surface area contributed by atoms with Crippen LogP contribution in [0.4, 0.5) is 0 Å². The number of ether oxygens (including phenoxy) is 3. The van der Waals surface area contributed by atoms with E-state index < -0.39 is 6.10 Å². The summed E-state index contributed by atoms with van der Waals surface area (Å²) >= 11 is 0. The predicted octanol–water partition coefficient (Wildman–Crippen LogP) is 16.3. The summed E-state index contributed by atoms with van der Waals surface area (Å²) in [5.41, 5.74) is 0.